The van der Waals surface area contributed by atoms with Crippen molar-refractivity contribution in [2.75, 3.05) is 7.11 Å². The predicted octanol–water partition coefficient (Wildman–Crippen LogP) is 5.31. The molecular formula is C16H21F3O2S. The number of ether oxygens (including phenoxy) is 1. The standard InChI is InChI=1S/C16H21F3O2S/c1-4-5-6-11-15(2,14(20)21-3)12-7-9-13(10-8-12)22-16(17,18)19/h7-10H,4-6,11H2,1-3H3. The summed E-state index contributed by atoms with van der Waals surface area (Å²) >= 11 is -0.160. The first-order valence-corrected chi connectivity index (χ1v) is 7.99. The zero-order valence-electron chi connectivity index (χ0n) is 13.0. The van der Waals surface area contributed by atoms with Crippen LogP contribution in [0, 0.1) is 0 Å². The van der Waals surface area contributed by atoms with E-state index in [2.05, 4.69) is 6.92 Å². The molecule has 0 radical (unpaired) electrons. The number of benzene rings is 1. The minimum Gasteiger partial charge on any atom is -0.468 e. The van der Waals surface area contributed by atoms with Gasteiger partial charge in [-0.3, -0.25) is 4.79 Å². The average molecular weight is 334 g/mol. The van der Waals surface area contributed by atoms with Crippen LogP contribution in [-0.4, -0.2) is 18.6 Å². The van der Waals surface area contributed by atoms with Gasteiger partial charge in [0.05, 0.1) is 12.5 Å². The molecule has 0 bridgehead atoms. The third-order valence-corrected chi connectivity index (χ3v) is 4.38. The summed E-state index contributed by atoms with van der Waals surface area (Å²) in [6.45, 7) is 3.85. The van der Waals surface area contributed by atoms with Gasteiger partial charge in [0.25, 0.3) is 0 Å². The topological polar surface area (TPSA) is 26.3 Å². The van der Waals surface area contributed by atoms with Gasteiger partial charge in [-0.05, 0) is 42.8 Å². The number of carbonyl (C=O) groups excluding carboxylic acids is 1. The van der Waals surface area contributed by atoms with E-state index in [0.717, 1.165) is 19.3 Å². The van der Waals surface area contributed by atoms with Crippen LogP contribution in [0.5, 0.6) is 0 Å². The highest BCUT2D eigenvalue weighted by Crippen LogP contribution is 2.38. The second-order valence-electron chi connectivity index (χ2n) is 5.35. The van der Waals surface area contributed by atoms with Crippen LogP contribution in [0.4, 0.5) is 13.2 Å². The first kappa shape index (κ1) is 18.9. The van der Waals surface area contributed by atoms with Crippen molar-refractivity contribution in [1.82, 2.24) is 0 Å². The highest BCUT2D eigenvalue weighted by atomic mass is 32.2. The van der Waals surface area contributed by atoms with E-state index in [9.17, 15) is 18.0 Å². The molecule has 0 amide bonds. The maximum atomic E-state index is 12.4. The molecule has 0 aliphatic carbocycles. The predicted molar refractivity (Wildman–Crippen MR) is 81.9 cm³/mol. The summed E-state index contributed by atoms with van der Waals surface area (Å²) in [5.41, 5.74) is -4.46. The highest BCUT2D eigenvalue weighted by Gasteiger charge is 2.36. The van der Waals surface area contributed by atoms with Crippen LogP contribution in [0.15, 0.2) is 29.2 Å². The monoisotopic (exact) mass is 334 g/mol. The summed E-state index contributed by atoms with van der Waals surface area (Å²) in [5.74, 6) is -0.361. The molecule has 0 aliphatic rings. The summed E-state index contributed by atoms with van der Waals surface area (Å²) in [5, 5.41) is 0. The number of unbranched alkanes of at least 4 members (excludes halogenated alkanes) is 2. The molecule has 0 heterocycles. The van der Waals surface area contributed by atoms with Gasteiger partial charge in [-0.25, -0.2) is 0 Å². The molecule has 0 N–H and O–H groups in total. The van der Waals surface area contributed by atoms with Gasteiger partial charge in [0.2, 0.25) is 0 Å². The summed E-state index contributed by atoms with van der Waals surface area (Å²) in [7, 11) is 1.33. The fourth-order valence-electron chi connectivity index (χ4n) is 2.34. The van der Waals surface area contributed by atoms with Crippen LogP contribution in [0.25, 0.3) is 0 Å². The molecule has 22 heavy (non-hydrogen) atoms. The first-order chi connectivity index (χ1) is 10.2. The minimum atomic E-state index is -4.31. The average Bonchev–Trinajstić information content (AvgIpc) is 2.45. The Morgan fingerprint density at radius 3 is 2.23 bits per heavy atom. The molecule has 0 aliphatic heterocycles. The van der Waals surface area contributed by atoms with Crippen LogP contribution in [0.2, 0.25) is 0 Å². The number of rotatable bonds is 7. The second kappa shape index (κ2) is 7.90. The number of carbonyl (C=O) groups is 1. The van der Waals surface area contributed by atoms with Crippen LogP contribution in [0.1, 0.15) is 45.1 Å². The van der Waals surface area contributed by atoms with Gasteiger partial charge in [0.1, 0.15) is 0 Å². The molecule has 0 aromatic heterocycles. The van der Waals surface area contributed by atoms with E-state index >= 15 is 0 Å². The number of halogens is 3. The third kappa shape index (κ3) is 5.23. The molecule has 0 saturated heterocycles. The normalized spacial score (nSPS) is 14.5. The third-order valence-electron chi connectivity index (χ3n) is 3.64. The van der Waals surface area contributed by atoms with Gasteiger partial charge >= 0.3 is 11.5 Å². The van der Waals surface area contributed by atoms with Crippen LogP contribution < -0.4 is 0 Å². The number of esters is 1. The molecule has 1 aromatic carbocycles. The Morgan fingerprint density at radius 2 is 1.77 bits per heavy atom. The zero-order chi connectivity index (χ0) is 16.8. The van der Waals surface area contributed by atoms with Gasteiger partial charge in [0, 0.05) is 4.90 Å². The van der Waals surface area contributed by atoms with Crippen LogP contribution in [0.3, 0.4) is 0 Å². The maximum absolute atomic E-state index is 12.4. The summed E-state index contributed by atoms with van der Waals surface area (Å²) in [4.78, 5) is 12.2. The number of methoxy groups -OCH3 is 1. The number of alkyl halides is 3. The fourth-order valence-corrected chi connectivity index (χ4v) is 2.88. The van der Waals surface area contributed by atoms with Gasteiger partial charge in [-0.1, -0.05) is 38.3 Å². The van der Waals surface area contributed by atoms with Gasteiger partial charge in [-0.15, -0.1) is 0 Å². The SMILES string of the molecule is CCCCCC(C)(C(=O)OC)c1ccc(SC(F)(F)F)cc1. The largest absolute Gasteiger partial charge is 0.468 e. The highest BCUT2D eigenvalue weighted by molar-refractivity contribution is 8.00. The molecular weight excluding hydrogens is 313 g/mol. The smallest absolute Gasteiger partial charge is 0.446 e. The lowest BCUT2D eigenvalue weighted by atomic mass is 9.78. The van der Waals surface area contributed by atoms with Crippen molar-refractivity contribution in [3.05, 3.63) is 29.8 Å². The molecule has 1 aromatic rings. The molecule has 1 rings (SSSR count). The Balaban J connectivity index is 2.97. The van der Waals surface area contributed by atoms with E-state index in [1.54, 1.807) is 19.1 Å². The Bertz CT molecular complexity index is 485. The Morgan fingerprint density at radius 1 is 1.18 bits per heavy atom. The van der Waals surface area contributed by atoms with E-state index in [1.165, 1.54) is 19.2 Å². The Hall–Kier alpha value is -1.17. The van der Waals surface area contributed by atoms with Crippen LogP contribution >= 0.6 is 11.8 Å². The summed E-state index contributed by atoms with van der Waals surface area (Å²) in [6, 6.07) is 5.96. The second-order valence-corrected chi connectivity index (χ2v) is 6.49. The van der Waals surface area contributed by atoms with Crippen molar-refractivity contribution in [3.63, 3.8) is 0 Å². The quantitative estimate of drug-likeness (QED) is 0.384. The number of hydrogen-bond acceptors (Lipinski definition) is 3. The summed E-state index contributed by atoms with van der Waals surface area (Å²) in [6.07, 6.45) is 3.49. The molecule has 0 fully saturated rings. The van der Waals surface area contributed by atoms with Gasteiger partial charge < -0.3 is 4.74 Å². The number of thioether (sulfide) groups is 1. The lowest BCUT2D eigenvalue weighted by Gasteiger charge is -2.27. The molecule has 0 spiro atoms. The molecule has 6 heteroatoms. The van der Waals surface area contributed by atoms with E-state index in [0.29, 0.717) is 12.0 Å². The fraction of sp³-hybridized carbons (Fsp3) is 0.562. The Kier molecular flexibility index (Phi) is 6.78. The maximum Gasteiger partial charge on any atom is 0.446 e. The molecule has 1 unspecified atom stereocenters. The lowest BCUT2D eigenvalue weighted by Crippen LogP contribution is -2.33. The number of hydrogen-bond donors (Lipinski definition) is 0. The molecule has 0 saturated carbocycles. The molecule has 2 nitrogen and oxygen atoms in total. The van der Waals surface area contributed by atoms with E-state index in [-0.39, 0.29) is 22.6 Å². The van der Waals surface area contributed by atoms with E-state index in [1.807, 2.05) is 0 Å². The molecule has 1 atom stereocenters. The molecule has 124 valence electrons. The first-order valence-electron chi connectivity index (χ1n) is 7.17. The van der Waals surface area contributed by atoms with E-state index in [4.69, 9.17) is 4.74 Å². The van der Waals surface area contributed by atoms with Crippen molar-refractivity contribution in [3.8, 4) is 0 Å². The van der Waals surface area contributed by atoms with E-state index < -0.39 is 10.9 Å². The van der Waals surface area contributed by atoms with Crippen LogP contribution in [-0.2, 0) is 14.9 Å². The van der Waals surface area contributed by atoms with Crippen molar-refractivity contribution < 1.29 is 22.7 Å². The van der Waals surface area contributed by atoms with Crippen molar-refractivity contribution in [1.29, 1.82) is 0 Å². The Labute approximate surface area is 133 Å². The van der Waals surface area contributed by atoms with Crippen molar-refractivity contribution in [2.45, 2.75) is 55.3 Å². The zero-order valence-corrected chi connectivity index (χ0v) is 13.8. The van der Waals surface area contributed by atoms with Crippen molar-refractivity contribution in [2.24, 2.45) is 0 Å². The van der Waals surface area contributed by atoms with Gasteiger partial charge in [0.15, 0.2) is 0 Å². The minimum absolute atomic E-state index is 0.108. The van der Waals surface area contributed by atoms with Gasteiger partial charge in [-0.2, -0.15) is 13.2 Å². The lowest BCUT2D eigenvalue weighted by molar-refractivity contribution is -0.147. The van der Waals surface area contributed by atoms with Crippen molar-refractivity contribution >= 4 is 17.7 Å². The summed E-state index contributed by atoms with van der Waals surface area (Å²) < 4.78 is 41.9.